The number of carbonyl (C=O) groups excluding carboxylic acids is 2. The molecule has 1 aromatic heterocycles. The minimum Gasteiger partial charge on any atom is -0.462 e. The predicted molar refractivity (Wildman–Crippen MR) is 253 cm³/mol. The molecular weight excluding hydrogens is 912 g/mol. The highest BCUT2D eigenvalue weighted by Gasteiger charge is 2.46. The monoisotopic (exact) mass is 989 g/mol. The van der Waals surface area contributed by atoms with Crippen LogP contribution in [-0.4, -0.2) is 96.9 Å². The van der Waals surface area contributed by atoms with Gasteiger partial charge in [0.2, 0.25) is 0 Å². The largest absolute Gasteiger partial charge is 0.481 e. The normalized spacial score (nSPS) is 20.6. The third-order valence-electron chi connectivity index (χ3n) is 10.4. The molecule has 0 radical (unpaired) electrons. The summed E-state index contributed by atoms with van der Waals surface area (Å²) in [6.45, 7) is 4.16. The molecule has 382 valence electrons. The molecule has 2 rings (SSSR count). The van der Waals surface area contributed by atoms with Crippen LogP contribution in [0.25, 0.3) is 0 Å². The highest BCUT2D eigenvalue weighted by Crippen LogP contribution is 2.60. The molecule has 2 unspecified atom stereocenters. The zero-order valence-electron chi connectivity index (χ0n) is 39.5. The first-order chi connectivity index (χ1) is 31.9. The van der Waals surface area contributed by atoms with Crippen LogP contribution in [0, 0.1) is 5.92 Å². The molecule has 0 bridgehead atoms. The van der Waals surface area contributed by atoms with Crippen molar-refractivity contribution in [2.75, 3.05) is 25.6 Å². The van der Waals surface area contributed by atoms with Gasteiger partial charge in [0, 0.05) is 19.0 Å². The van der Waals surface area contributed by atoms with Crippen molar-refractivity contribution in [3.63, 3.8) is 0 Å². The summed E-state index contributed by atoms with van der Waals surface area (Å²) in [4.78, 5) is 61.7. The fourth-order valence-electron chi connectivity index (χ4n) is 6.68. The first kappa shape index (κ1) is 59.8. The number of rotatable bonds is 37. The van der Waals surface area contributed by atoms with Crippen LogP contribution < -0.4 is 11.4 Å². The van der Waals surface area contributed by atoms with Gasteiger partial charge in [0.05, 0.1) is 19.3 Å². The van der Waals surface area contributed by atoms with E-state index in [0.717, 1.165) is 68.6 Å². The van der Waals surface area contributed by atoms with Crippen molar-refractivity contribution in [1.29, 1.82) is 0 Å². The van der Waals surface area contributed by atoms with E-state index in [9.17, 15) is 48.6 Å². The van der Waals surface area contributed by atoms with Gasteiger partial charge >= 0.3 is 33.3 Å². The molecule has 67 heavy (non-hydrogen) atoms. The first-order valence-electron chi connectivity index (χ1n) is 23.6. The van der Waals surface area contributed by atoms with E-state index in [2.05, 4.69) is 36.1 Å². The van der Waals surface area contributed by atoms with Crippen LogP contribution in [0.15, 0.2) is 65.7 Å². The van der Waals surface area contributed by atoms with E-state index in [-0.39, 0.29) is 18.7 Å². The zero-order chi connectivity index (χ0) is 49.5. The summed E-state index contributed by atoms with van der Waals surface area (Å²) in [5, 5.41) is 30.7. The van der Waals surface area contributed by atoms with E-state index in [4.69, 9.17) is 29.0 Å². The van der Waals surface area contributed by atoms with Crippen LogP contribution in [0.2, 0.25) is 0 Å². The van der Waals surface area contributed by atoms with Gasteiger partial charge in [0.15, 0.2) is 12.3 Å². The Morgan fingerprint density at radius 2 is 1.40 bits per heavy atom. The van der Waals surface area contributed by atoms with E-state index < -0.39 is 89.8 Å². The van der Waals surface area contributed by atoms with Crippen molar-refractivity contribution in [3.05, 3.63) is 71.4 Å². The third kappa shape index (κ3) is 28.1. The van der Waals surface area contributed by atoms with Gasteiger partial charge in [0.1, 0.15) is 30.7 Å². The molecule has 21 heteroatoms. The Bertz CT molecular complexity index is 1840. The van der Waals surface area contributed by atoms with Crippen molar-refractivity contribution >= 4 is 33.4 Å². The Balaban J connectivity index is 1.86. The second-order valence-electron chi connectivity index (χ2n) is 16.9. The second-order valence-corrected chi connectivity index (χ2v) is 19.9. The van der Waals surface area contributed by atoms with E-state index in [1.165, 1.54) is 31.7 Å². The molecular formula is C46H77N3O16P2. The number of ether oxygens (including phenoxy) is 3. The van der Waals surface area contributed by atoms with Crippen LogP contribution >= 0.6 is 15.6 Å². The predicted octanol–water partition coefficient (Wildman–Crippen LogP) is 7.82. The van der Waals surface area contributed by atoms with E-state index in [0.29, 0.717) is 31.6 Å². The molecule has 0 spiro atoms. The van der Waals surface area contributed by atoms with Crippen molar-refractivity contribution in [2.45, 2.75) is 180 Å². The molecule has 1 aliphatic rings. The lowest BCUT2D eigenvalue weighted by molar-refractivity contribution is -0.161. The molecule has 0 saturated carbocycles. The molecule has 19 nitrogen and oxygen atoms in total. The van der Waals surface area contributed by atoms with Gasteiger partial charge in [-0.25, -0.2) is 13.9 Å². The summed E-state index contributed by atoms with van der Waals surface area (Å²) in [5.74, 6) is -0.683. The van der Waals surface area contributed by atoms with Crippen molar-refractivity contribution in [3.8, 4) is 0 Å². The summed E-state index contributed by atoms with van der Waals surface area (Å²) >= 11 is 0. The van der Waals surface area contributed by atoms with Gasteiger partial charge in [0.25, 0.3) is 0 Å². The number of hydrogen-bond acceptors (Lipinski definition) is 16. The number of phosphoric acid groups is 2. The van der Waals surface area contributed by atoms with Crippen LogP contribution in [0.1, 0.15) is 149 Å². The standard InChI is InChI=1S/C46H77N3O16P2/c1-4-5-27-37(50)28-23-19-15-10-8-6-7-9-11-17-21-25-30-42(52)63-38(33-60-41(51)29-24-20-16-13-12-14-18-22-26-36(2)3)34-61-66(56,57)65-67(58,59)62-35-39-43(53)44(54)45(64-39)49-32-31-40(47)48-46(49)55/h6-7,10-11,15,17,23,28,31-32,36-39,43-45,50,53-54H,4-5,8-9,12-14,16,18-22,24-27,29-30,33-35H2,1-3H3,(H,56,57)(H,58,59)(H2,47,48,55)/b7-6-,15-10-,17-11-,28-23-/t37-,38-,39-,43-,44-,45-/m1/s1. The summed E-state index contributed by atoms with van der Waals surface area (Å²) in [6.07, 6.45) is 24.3. The van der Waals surface area contributed by atoms with Crippen molar-refractivity contribution in [1.82, 2.24) is 9.55 Å². The van der Waals surface area contributed by atoms with Crippen LogP contribution in [0.3, 0.4) is 0 Å². The Morgan fingerprint density at radius 1 is 0.806 bits per heavy atom. The number of aliphatic hydroxyl groups excluding tert-OH is 3. The summed E-state index contributed by atoms with van der Waals surface area (Å²) < 4.78 is 56.5. The number of unbranched alkanes of at least 4 members (excludes halogenated alkanes) is 9. The molecule has 2 heterocycles. The number of aliphatic hydroxyl groups is 3. The second kappa shape index (κ2) is 34.1. The Kier molecular flexibility index (Phi) is 30.4. The van der Waals surface area contributed by atoms with Gasteiger partial charge in [-0.05, 0) is 56.9 Å². The highest BCUT2D eigenvalue weighted by molar-refractivity contribution is 7.61. The van der Waals surface area contributed by atoms with Gasteiger partial charge in [-0.1, -0.05) is 134 Å². The maximum absolute atomic E-state index is 12.8. The summed E-state index contributed by atoms with van der Waals surface area (Å²) in [6, 6.07) is 1.24. The van der Waals surface area contributed by atoms with Gasteiger partial charge in [-0.3, -0.25) is 23.2 Å². The van der Waals surface area contributed by atoms with E-state index in [1.807, 2.05) is 42.5 Å². The number of allylic oxidation sites excluding steroid dienone is 7. The quantitative estimate of drug-likeness (QED) is 0.0160. The van der Waals surface area contributed by atoms with Gasteiger partial charge in [-0.2, -0.15) is 9.29 Å². The van der Waals surface area contributed by atoms with Crippen LogP contribution in [0.4, 0.5) is 5.82 Å². The minimum atomic E-state index is -5.44. The van der Waals surface area contributed by atoms with E-state index in [1.54, 1.807) is 0 Å². The third-order valence-corrected chi connectivity index (χ3v) is 13.0. The molecule has 1 aliphatic heterocycles. The Labute approximate surface area is 395 Å². The highest BCUT2D eigenvalue weighted by atomic mass is 31.3. The lowest BCUT2D eigenvalue weighted by Gasteiger charge is -2.21. The first-order valence-corrected chi connectivity index (χ1v) is 26.6. The lowest BCUT2D eigenvalue weighted by Crippen LogP contribution is -2.36. The fraction of sp³-hybridized carbons (Fsp3) is 0.696. The van der Waals surface area contributed by atoms with E-state index >= 15 is 0 Å². The lowest BCUT2D eigenvalue weighted by atomic mass is 10.0. The van der Waals surface area contributed by atoms with Crippen molar-refractivity contribution in [2.24, 2.45) is 5.92 Å². The molecule has 0 aromatic carbocycles. The zero-order valence-corrected chi connectivity index (χ0v) is 41.3. The number of nitrogens with zero attached hydrogens (tertiary/aromatic N) is 2. The number of nitrogens with two attached hydrogens (primary N) is 1. The number of anilines is 1. The molecule has 0 aliphatic carbocycles. The Morgan fingerprint density at radius 3 is 2.04 bits per heavy atom. The molecule has 8 atom stereocenters. The summed E-state index contributed by atoms with van der Waals surface area (Å²) in [7, 11) is -10.9. The number of nitrogen functional groups attached to an aromatic ring is 1. The maximum Gasteiger partial charge on any atom is 0.481 e. The molecule has 7 N–H and O–H groups in total. The SMILES string of the molecule is CCCC[C@@H](O)/C=C\C/C=C\C/C=C\C/C=C\CCCC(=O)O[C@H](COC(=O)CCCCCCCCCCC(C)C)COP(=O)(O)OP(=O)(O)OC[C@H]1O[C@@H](n2ccc(N)nc2=O)[C@H](O)[C@@H]1O. The smallest absolute Gasteiger partial charge is 0.462 e. The fourth-order valence-corrected chi connectivity index (χ4v) is 8.79. The van der Waals surface area contributed by atoms with Gasteiger partial charge in [-0.15, -0.1) is 0 Å². The maximum atomic E-state index is 12.8. The number of phosphoric ester groups is 2. The topological polar surface area (TPSA) is 286 Å². The average molecular weight is 990 g/mol. The molecule has 0 amide bonds. The molecule has 1 aromatic rings. The average Bonchev–Trinajstić information content (AvgIpc) is 3.54. The van der Waals surface area contributed by atoms with Crippen LogP contribution in [-0.2, 0) is 46.3 Å². The number of carbonyl (C=O) groups is 2. The molecule has 1 saturated heterocycles. The number of esters is 2. The number of hydrogen-bond donors (Lipinski definition) is 6. The molecule has 1 fully saturated rings. The summed E-state index contributed by atoms with van der Waals surface area (Å²) in [5.41, 5.74) is 4.57. The minimum absolute atomic E-state index is 0.0433. The number of aromatic nitrogens is 2. The van der Waals surface area contributed by atoms with Crippen LogP contribution in [0.5, 0.6) is 0 Å². The van der Waals surface area contributed by atoms with Crippen molar-refractivity contribution < 1.29 is 71.4 Å². The Hall–Kier alpha value is -3.32. The van der Waals surface area contributed by atoms with Gasteiger partial charge < -0.3 is 45.1 Å².